The van der Waals surface area contributed by atoms with Crippen molar-refractivity contribution in [3.05, 3.63) is 33.8 Å². The summed E-state index contributed by atoms with van der Waals surface area (Å²) in [5, 5.41) is 0. The molecule has 0 radical (unpaired) electrons. The van der Waals surface area contributed by atoms with E-state index in [-0.39, 0.29) is 0 Å². The minimum absolute atomic E-state index is 0.431. The third-order valence-corrected chi connectivity index (χ3v) is 3.09. The van der Waals surface area contributed by atoms with Crippen molar-refractivity contribution in [3.8, 4) is 0 Å². The van der Waals surface area contributed by atoms with Gasteiger partial charge in [-0.1, -0.05) is 44.0 Å². The highest BCUT2D eigenvalue weighted by Crippen LogP contribution is 2.28. The minimum atomic E-state index is 0.431. The molecule has 1 unspecified atom stereocenters. The molecule has 0 N–H and O–H groups in total. The quantitative estimate of drug-likeness (QED) is 0.675. The fourth-order valence-corrected chi connectivity index (χ4v) is 1.93. The van der Waals surface area contributed by atoms with Crippen LogP contribution in [0.3, 0.4) is 0 Å². The number of halogens is 2. The molecule has 2 heteroatoms. The van der Waals surface area contributed by atoms with E-state index in [2.05, 4.69) is 63.9 Å². The Bertz CT molecular complexity index is 254. The van der Waals surface area contributed by atoms with E-state index in [0.29, 0.717) is 4.83 Å². The molecule has 0 aliphatic rings. The van der Waals surface area contributed by atoms with Gasteiger partial charge in [-0.3, -0.25) is 0 Å². The molecule has 0 amide bonds. The molecule has 0 bridgehead atoms. The lowest BCUT2D eigenvalue weighted by Crippen LogP contribution is -1.88. The molecule has 0 heterocycles. The molecule has 0 aliphatic carbocycles. The third kappa shape index (κ3) is 2.06. The summed E-state index contributed by atoms with van der Waals surface area (Å²) in [6.07, 6.45) is 0. The van der Waals surface area contributed by atoms with E-state index < -0.39 is 0 Å². The molecule has 0 saturated carbocycles. The summed E-state index contributed by atoms with van der Waals surface area (Å²) in [6, 6.07) is 6.26. The Morgan fingerprint density at radius 3 is 2.45 bits per heavy atom. The largest absolute Gasteiger partial charge is 0.0842 e. The summed E-state index contributed by atoms with van der Waals surface area (Å²) >= 11 is 7.04. The molecule has 0 aliphatic heterocycles. The number of hydrogen-bond donors (Lipinski definition) is 0. The highest BCUT2D eigenvalue weighted by Gasteiger charge is 2.05. The van der Waals surface area contributed by atoms with Crippen molar-refractivity contribution in [1.29, 1.82) is 0 Å². The lowest BCUT2D eigenvalue weighted by atomic mass is 10.1. The monoisotopic (exact) mass is 276 g/mol. The summed E-state index contributed by atoms with van der Waals surface area (Å²) in [4.78, 5) is 0.431. The van der Waals surface area contributed by atoms with Crippen molar-refractivity contribution in [2.75, 3.05) is 0 Å². The fourth-order valence-electron chi connectivity index (χ4n) is 1.06. The first kappa shape index (κ1) is 9.27. The molecular weight excluding hydrogens is 268 g/mol. The van der Waals surface area contributed by atoms with Crippen LogP contribution in [0.5, 0.6) is 0 Å². The predicted molar refractivity (Wildman–Crippen MR) is 56.2 cm³/mol. The van der Waals surface area contributed by atoms with Gasteiger partial charge in [0.25, 0.3) is 0 Å². The van der Waals surface area contributed by atoms with Gasteiger partial charge in [0.05, 0.1) is 0 Å². The van der Waals surface area contributed by atoms with E-state index in [1.807, 2.05) is 0 Å². The van der Waals surface area contributed by atoms with E-state index >= 15 is 0 Å². The molecule has 0 aromatic heterocycles. The first-order valence-corrected chi connectivity index (χ1v) is 5.23. The summed E-state index contributed by atoms with van der Waals surface area (Å²) in [7, 11) is 0. The molecule has 11 heavy (non-hydrogen) atoms. The maximum absolute atomic E-state index is 3.55. The van der Waals surface area contributed by atoms with Gasteiger partial charge in [0.2, 0.25) is 0 Å². The van der Waals surface area contributed by atoms with Crippen LogP contribution in [0.1, 0.15) is 22.9 Å². The van der Waals surface area contributed by atoms with E-state index in [1.54, 1.807) is 0 Å². The van der Waals surface area contributed by atoms with Gasteiger partial charge in [0, 0.05) is 9.30 Å². The second-order valence-electron chi connectivity index (χ2n) is 2.57. The molecular formula is C9H10Br2. The molecule has 0 spiro atoms. The van der Waals surface area contributed by atoms with Crippen molar-refractivity contribution < 1.29 is 0 Å². The van der Waals surface area contributed by atoms with Crippen molar-refractivity contribution >= 4 is 31.9 Å². The molecule has 0 saturated heterocycles. The Kier molecular flexibility index (Phi) is 3.14. The van der Waals surface area contributed by atoms with E-state index in [9.17, 15) is 0 Å². The second kappa shape index (κ2) is 3.72. The standard InChI is InChI=1S/C9H10Br2/c1-6-8(7(2)10)4-3-5-9(6)11/h3-5,7H,1-2H3. The lowest BCUT2D eigenvalue weighted by Gasteiger charge is -2.08. The first-order valence-electron chi connectivity index (χ1n) is 3.52. The molecule has 0 fully saturated rings. The van der Waals surface area contributed by atoms with E-state index in [0.717, 1.165) is 0 Å². The van der Waals surface area contributed by atoms with Crippen LogP contribution in [-0.4, -0.2) is 0 Å². The maximum atomic E-state index is 3.55. The first-order chi connectivity index (χ1) is 5.13. The molecule has 1 atom stereocenters. The smallest absolute Gasteiger partial charge is 0.0370 e. The maximum Gasteiger partial charge on any atom is 0.0370 e. The predicted octanol–water partition coefficient (Wildman–Crippen LogP) is 4.21. The van der Waals surface area contributed by atoms with Gasteiger partial charge < -0.3 is 0 Å². The summed E-state index contributed by atoms with van der Waals surface area (Å²) in [6.45, 7) is 4.26. The summed E-state index contributed by atoms with van der Waals surface area (Å²) in [5.41, 5.74) is 2.66. The Hall–Kier alpha value is 0.180. The van der Waals surface area contributed by atoms with E-state index in [4.69, 9.17) is 0 Å². The van der Waals surface area contributed by atoms with Crippen LogP contribution < -0.4 is 0 Å². The van der Waals surface area contributed by atoms with Gasteiger partial charge in [-0.15, -0.1) is 0 Å². The van der Waals surface area contributed by atoms with E-state index in [1.165, 1.54) is 15.6 Å². The fraction of sp³-hybridized carbons (Fsp3) is 0.333. The third-order valence-electron chi connectivity index (χ3n) is 1.74. The average Bonchev–Trinajstić information content (AvgIpc) is 1.94. The molecule has 1 aromatic rings. The van der Waals surface area contributed by atoms with Gasteiger partial charge in [-0.25, -0.2) is 0 Å². The molecule has 0 nitrogen and oxygen atoms in total. The summed E-state index contributed by atoms with van der Waals surface area (Å²) < 4.78 is 1.18. The SMILES string of the molecule is Cc1c(Br)cccc1C(C)Br. The van der Waals surface area contributed by atoms with Crippen LogP contribution in [0.4, 0.5) is 0 Å². The number of alkyl halides is 1. The second-order valence-corrected chi connectivity index (χ2v) is 4.80. The highest BCUT2D eigenvalue weighted by molar-refractivity contribution is 9.10. The molecule has 1 aromatic carbocycles. The van der Waals surface area contributed by atoms with Crippen molar-refractivity contribution in [3.63, 3.8) is 0 Å². The minimum Gasteiger partial charge on any atom is -0.0842 e. The summed E-state index contributed by atoms with van der Waals surface area (Å²) in [5.74, 6) is 0. The van der Waals surface area contributed by atoms with Crippen LogP contribution >= 0.6 is 31.9 Å². The molecule has 60 valence electrons. The van der Waals surface area contributed by atoms with Crippen LogP contribution in [0, 0.1) is 6.92 Å². The topological polar surface area (TPSA) is 0 Å². The number of rotatable bonds is 1. The zero-order chi connectivity index (χ0) is 8.43. The van der Waals surface area contributed by atoms with Gasteiger partial charge in [-0.2, -0.15) is 0 Å². The normalized spacial score (nSPS) is 13.1. The van der Waals surface area contributed by atoms with Gasteiger partial charge in [0.15, 0.2) is 0 Å². The average molecular weight is 278 g/mol. The number of benzene rings is 1. The Balaban J connectivity index is 3.17. The Morgan fingerprint density at radius 1 is 1.36 bits per heavy atom. The van der Waals surface area contributed by atoms with Crippen LogP contribution in [-0.2, 0) is 0 Å². The molecule has 1 rings (SSSR count). The number of hydrogen-bond acceptors (Lipinski definition) is 0. The van der Waals surface area contributed by atoms with Crippen molar-refractivity contribution in [1.82, 2.24) is 0 Å². The van der Waals surface area contributed by atoms with Crippen molar-refractivity contribution in [2.24, 2.45) is 0 Å². The van der Waals surface area contributed by atoms with Crippen molar-refractivity contribution in [2.45, 2.75) is 18.7 Å². The van der Waals surface area contributed by atoms with Gasteiger partial charge >= 0.3 is 0 Å². The lowest BCUT2D eigenvalue weighted by molar-refractivity contribution is 1.09. The van der Waals surface area contributed by atoms with Gasteiger partial charge in [0.1, 0.15) is 0 Å². The highest BCUT2D eigenvalue weighted by atomic mass is 79.9. The Morgan fingerprint density at radius 2 is 2.00 bits per heavy atom. The van der Waals surface area contributed by atoms with Gasteiger partial charge in [-0.05, 0) is 31.0 Å². The Labute approximate surface area is 84.3 Å². The van der Waals surface area contributed by atoms with Crippen LogP contribution in [0.2, 0.25) is 0 Å². The zero-order valence-electron chi connectivity index (χ0n) is 6.57. The van der Waals surface area contributed by atoms with Crippen LogP contribution in [0.15, 0.2) is 22.7 Å². The zero-order valence-corrected chi connectivity index (χ0v) is 9.74. The van der Waals surface area contributed by atoms with Crippen LogP contribution in [0.25, 0.3) is 0 Å².